The van der Waals surface area contributed by atoms with Crippen molar-refractivity contribution in [2.24, 2.45) is 5.73 Å². The lowest BCUT2D eigenvalue weighted by Gasteiger charge is -2.28. The van der Waals surface area contributed by atoms with E-state index in [1.54, 1.807) is 30.6 Å². The molecule has 2 aromatic heterocycles. The van der Waals surface area contributed by atoms with Crippen LogP contribution in [0, 0.1) is 13.8 Å². The molecule has 3 N–H and O–H groups in total. The predicted octanol–water partition coefficient (Wildman–Crippen LogP) is 5.68. The number of rotatable bonds is 6. The van der Waals surface area contributed by atoms with Gasteiger partial charge in [-0.3, -0.25) is 4.79 Å². The number of aromatic carboxylic acids is 1. The molecule has 0 radical (unpaired) electrons. The van der Waals surface area contributed by atoms with E-state index < -0.39 is 11.9 Å². The van der Waals surface area contributed by atoms with Crippen LogP contribution in [0.5, 0.6) is 0 Å². The Morgan fingerprint density at radius 3 is 1.52 bits per heavy atom. The summed E-state index contributed by atoms with van der Waals surface area (Å²) in [5, 5.41) is 30.4. The molecule has 2 saturated heterocycles. The van der Waals surface area contributed by atoms with E-state index in [4.69, 9.17) is 15.2 Å². The molecule has 0 bridgehead atoms. The highest BCUT2D eigenvalue weighted by Crippen LogP contribution is 2.33. The van der Waals surface area contributed by atoms with E-state index >= 15 is 0 Å². The zero-order chi connectivity index (χ0) is 36.2. The number of nitrogens with zero attached hydrogens (tertiary/aromatic N) is 6. The van der Waals surface area contributed by atoms with Gasteiger partial charge >= 0.3 is 5.97 Å². The lowest BCUT2D eigenvalue weighted by atomic mass is 9.96. The van der Waals surface area contributed by atoms with Gasteiger partial charge < -0.3 is 30.1 Å². The summed E-state index contributed by atoms with van der Waals surface area (Å²) in [6.07, 6.45) is 3.52. The first-order valence-corrected chi connectivity index (χ1v) is 17.2. The number of fused-ring (bicyclic) bond motifs is 2. The maximum atomic E-state index is 11.5. The molecular formula is C40H39N7O5. The molecule has 12 nitrogen and oxygen atoms in total. The van der Waals surface area contributed by atoms with Crippen molar-refractivity contribution in [1.82, 2.24) is 20.4 Å². The summed E-state index contributed by atoms with van der Waals surface area (Å²) >= 11 is 0. The van der Waals surface area contributed by atoms with E-state index in [9.17, 15) is 14.7 Å². The van der Waals surface area contributed by atoms with Crippen LogP contribution in [0.1, 0.15) is 31.8 Å². The summed E-state index contributed by atoms with van der Waals surface area (Å²) in [5.41, 5.74) is 12.2. The number of morpholine rings is 2. The number of hydrogen-bond acceptors (Lipinski definition) is 10. The first kappa shape index (κ1) is 34.5. The average Bonchev–Trinajstić information content (AvgIpc) is 3.18. The lowest BCUT2D eigenvalue weighted by Crippen LogP contribution is -2.37. The van der Waals surface area contributed by atoms with E-state index in [0.717, 1.165) is 92.7 Å². The molecule has 0 saturated carbocycles. The molecule has 52 heavy (non-hydrogen) atoms. The quantitative estimate of drug-likeness (QED) is 0.221. The standard InChI is InChI=1S/C20H20N4O2.C20H19N3O3/c1-13-2-3-15(19(21)25)11-18(13)14-4-5-17-16(10-14)12-22-23-20(17)24-6-8-26-9-7-24;1-13-2-3-15(20(24)25)11-18(13)14-4-5-17-16(10-14)12-21-22-19(17)23-6-8-26-9-7-23/h2-5,10-12H,6-9H2,1H3,(H2,21,25);2-5,10-12H,6-9H2,1H3,(H,24,25). The Hall–Kier alpha value is -5.98. The summed E-state index contributed by atoms with van der Waals surface area (Å²) in [7, 11) is 0. The summed E-state index contributed by atoms with van der Waals surface area (Å²) in [5.74, 6) is 0.410. The molecule has 8 rings (SSSR count). The van der Waals surface area contributed by atoms with Crippen LogP contribution in [0.2, 0.25) is 0 Å². The van der Waals surface area contributed by atoms with Gasteiger partial charge in [0.15, 0.2) is 11.6 Å². The molecule has 2 aliphatic heterocycles. The maximum Gasteiger partial charge on any atom is 0.335 e. The Morgan fingerprint density at radius 1 is 0.635 bits per heavy atom. The number of carboxylic acids is 1. The number of hydrogen-bond donors (Lipinski definition) is 2. The molecular weight excluding hydrogens is 658 g/mol. The van der Waals surface area contributed by atoms with Crippen molar-refractivity contribution < 1.29 is 24.2 Å². The van der Waals surface area contributed by atoms with Crippen molar-refractivity contribution in [3.8, 4) is 22.3 Å². The predicted molar refractivity (Wildman–Crippen MR) is 201 cm³/mol. The first-order valence-electron chi connectivity index (χ1n) is 17.2. The lowest BCUT2D eigenvalue weighted by molar-refractivity contribution is 0.0696. The van der Waals surface area contributed by atoms with Gasteiger partial charge in [0.1, 0.15) is 0 Å². The monoisotopic (exact) mass is 697 g/mol. The molecule has 4 heterocycles. The maximum absolute atomic E-state index is 11.5. The molecule has 6 aromatic rings. The summed E-state index contributed by atoms with van der Waals surface area (Å²) < 4.78 is 10.8. The second kappa shape index (κ2) is 15.1. The number of amides is 1. The summed E-state index contributed by atoms with van der Waals surface area (Å²) in [6.45, 7) is 10.0. The smallest absolute Gasteiger partial charge is 0.335 e. The molecule has 0 unspecified atom stereocenters. The highest BCUT2D eigenvalue weighted by atomic mass is 16.5. The third kappa shape index (κ3) is 7.25. The SMILES string of the molecule is Cc1ccc(C(=O)O)cc1-c1ccc2c(N3CCOCC3)nncc2c1.Cc1ccc(C(N)=O)cc1-c1ccc2c(N3CCOCC3)nncc2c1. The van der Waals surface area contributed by atoms with Crippen LogP contribution >= 0.6 is 0 Å². The Bertz CT molecular complexity index is 2120. The number of nitrogens with two attached hydrogens (primary N) is 1. The van der Waals surface area contributed by atoms with Crippen molar-refractivity contribution >= 4 is 45.1 Å². The Balaban J connectivity index is 0.000000162. The van der Waals surface area contributed by atoms with Crippen LogP contribution in [-0.4, -0.2) is 90.0 Å². The number of carboxylic acid groups (broad SMARTS) is 1. The molecule has 2 aliphatic rings. The molecule has 0 spiro atoms. The third-order valence-electron chi connectivity index (χ3n) is 9.53. The van der Waals surface area contributed by atoms with Crippen LogP contribution in [0.3, 0.4) is 0 Å². The van der Waals surface area contributed by atoms with Crippen molar-refractivity contribution in [3.05, 3.63) is 107 Å². The average molecular weight is 698 g/mol. The van der Waals surface area contributed by atoms with Crippen molar-refractivity contribution in [2.75, 3.05) is 62.4 Å². The normalized spacial score (nSPS) is 14.6. The number of benzene rings is 4. The number of carbonyl (C=O) groups is 2. The first-order chi connectivity index (χ1) is 25.3. The van der Waals surface area contributed by atoms with Crippen LogP contribution in [0.15, 0.2) is 85.2 Å². The van der Waals surface area contributed by atoms with E-state index in [1.807, 2.05) is 50.2 Å². The van der Waals surface area contributed by atoms with Gasteiger partial charge in [-0.15, -0.1) is 10.2 Å². The van der Waals surface area contributed by atoms with Gasteiger partial charge in [0.05, 0.1) is 44.4 Å². The summed E-state index contributed by atoms with van der Waals surface area (Å²) in [6, 6.07) is 23.0. The summed E-state index contributed by atoms with van der Waals surface area (Å²) in [4.78, 5) is 27.2. The van der Waals surface area contributed by atoms with Crippen molar-refractivity contribution in [3.63, 3.8) is 0 Å². The zero-order valence-electron chi connectivity index (χ0n) is 29.1. The van der Waals surface area contributed by atoms with Gasteiger partial charge in [0.2, 0.25) is 5.91 Å². The molecule has 4 aromatic carbocycles. The molecule has 2 fully saturated rings. The van der Waals surface area contributed by atoms with Crippen LogP contribution in [0.25, 0.3) is 43.8 Å². The highest BCUT2D eigenvalue weighted by Gasteiger charge is 2.18. The third-order valence-corrected chi connectivity index (χ3v) is 9.53. The molecule has 0 atom stereocenters. The van der Waals surface area contributed by atoms with Gasteiger partial charge in [0, 0.05) is 53.3 Å². The number of anilines is 2. The fourth-order valence-electron chi connectivity index (χ4n) is 6.65. The minimum atomic E-state index is -0.924. The van der Waals surface area contributed by atoms with E-state index in [-0.39, 0.29) is 5.56 Å². The van der Waals surface area contributed by atoms with E-state index in [0.29, 0.717) is 32.0 Å². The molecule has 0 aliphatic carbocycles. The molecule has 264 valence electrons. The number of ether oxygens (including phenoxy) is 2. The number of carbonyl (C=O) groups excluding carboxylic acids is 1. The second-order valence-corrected chi connectivity index (χ2v) is 12.9. The van der Waals surface area contributed by atoms with E-state index in [1.165, 1.54) is 0 Å². The van der Waals surface area contributed by atoms with E-state index in [2.05, 4.69) is 48.4 Å². The number of primary amides is 1. The topological polar surface area (TPSA) is 157 Å². The second-order valence-electron chi connectivity index (χ2n) is 12.9. The van der Waals surface area contributed by atoms with Crippen molar-refractivity contribution in [1.29, 1.82) is 0 Å². The van der Waals surface area contributed by atoms with Crippen LogP contribution in [0.4, 0.5) is 11.6 Å². The van der Waals surface area contributed by atoms with Crippen molar-refractivity contribution in [2.45, 2.75) is 13.8 Å². The fraction of sp³-hybridized carbons (Fsp3) is 0.250. The molecule has 1 amide bonds. The van der Waals surface area contributed by atoms with Crippen LogP contribution < -0.4 is 15.5 Å². The Labute approximate surface area is 300 Å². The van der Waals surface area contributed by atoms with Gasteiger partial charge in [-0.2, -0.15) is 10.2 Å². The largest absolute Gasteiger partial charge is 0.478 e. The Kier molecular flexibility index (Phi) is 10.0. The number of aryl methyl sites for hydroxylation is 2. The van der Waals surface area contributed by atoms with Gasteiger partial charge in [0.25, 0.3) is 0 Å². The fourth-order valence-corrected chi connectivity index (χ4v) is 6.65. The van der Waals surface area contributed by atoms with Crippen LogP contribution in [-0.2, 0) is 9.47 Å². The van der Waals surface area contributed by atoms with Gasteiger partial charge in [-0.05, 0) is 95.8 Å². The zero-order valence-corrected chi connectivity index (χ0v) is 29.1. The Morgan fingerprint density at radius 2 is 1.08 bits per heavy atom. The highest BCUT2D eigenvalue weighted by molar-refractivity contribution is 5.98. The molecule has 12 heteroatoms. The van der Waals surface area contributed by atoms with Gasteiger partial charge in [-0.1, -0.05) is 24.3 Å². The number of aromatic nitrogens is 4. The van der Waals surface area contributed by atoms with Gasteiger partial charge in [-0.25, -0.2) is 4.79 Å². The minimum absolute atomic E-state index is 0.285. The minimum Gasteiger partial charge on any atom is -0.478 e.